The number of benzene rings is 2. The average molecular weight is 375 g/mol. The van der Waals surface area contributed by atoms with E-state index in [1.54, 1.807) is 11.9 Å². The highest BCUT2D eigenvalue weighted by Crippen LogP contribution is 2.46. The minimum atomic E-state index is -0.689. The number of fused-ring (bicyclic) bond motifs is 1. The smallest absolute Gasteiger partial charge is 0.338 e. The summed E-state index contributed by atoms with van der Waals surface area (Å²) >= 11 is 1.33. The van der Waals surface area contributed by atoms with E-state index in [9.17, 15) is 14.9 Å². The summed E-state index contributed by atoms with van der Waals surface area (Å²) < 4.78 is 5.03. The van der Waals surface area contributed by atoms with Gasteiger partial charge in [-0.15, -0.1) is 0 Å². The van der Waals surface area contributed by atoms with Crippen LogP contribution < -0.4 is 4.90 Å². The standard InChI is InChI=1S/C20H13N3O3S/c1-23-16-4-2-3-5-18(16)27-19(23)15(11-22)17(24)12-26-20(25)14-8-6-13(10-21)7-9-14/h2-9H,12H2,1H3/b19-15-. The van der Waals surface area contributed by atoms with Gasteiger partial charge in [0.15, 0.2) is 6.61 Å². The van der Waals surface area contributed by atoms with E-state index in [2.05, 4.69) is 0 Å². The molecule has 0 spiro atoms. The molecule has 1 aliphatic heterocycles. The van der Waals surface area contributed by atoms with Crippen molar-refractivity contribution >= 4 is 29.2 Å². The van der Waals surface area contributed by atoms with E-state index in [1.165, 1.54) is 36.0 Å². The van der Waals surface area contributed by atoms with Crippen LogP contribution in [0.1, 0.15) is 15.9 Å². The second kappa shape index (κ2) is 7.77. The van der Waals surface area contributed by atoms with Crippen molar-refractivity contribution in [2.45, 2.75) is 4.90 Å². The number of Topliss-reactive ketones (excluding diaryl/α,β-unsaturated/α-hetero) is 1. The lowest BCUT2D eigenvalue weighted by Gasteiger charge is -2.14. The Hall–Kier alpha value is -3.55. The number of para-hydroxylation sites is 1. The van der Waals surface area contributed by atoms with Crippen LogP contribution in [0.25, 0.3) is 0 Å². The highest BCUT2D eigenvalue weighted by Gasteiger charge is 2.28. The first kappa shape index (κ1) is 18.2. The lowest BCUT2D eigenvalue weighted by molar-refractivity contribution is -0.118. The SMILES string of the molecule is CN1/C(=C(\C#N)C(=O)COC(=O)c2ccc(C#N)cc2)Sc2ccccc21. The molecule has 1 aliphatic rings. The third kappa shape index (κ3) is 3.69. The molecule has 6 nitrogen and oxygen atoms in total. The predicted molar refractivity (Wildman–Crippen MR) is 99.8 cm³/mol. The first-order valence-electron chi connectivity index (χ1n) is 7.90. The van der Waals surface area contributed by atoms with Gasteiger partial charge in [0.2, 0.25) is 5.78 Å². The number of rotatable bonds is 4. The number of carbonyl (C=O) groups excluding carboxylic acids is 2. The zero-order valence-corrected chi connectivity index (χ0v) is 15.1. The first-order chi connectivity index (χ1) is 13.0. The molecule has 0 aliphatic carbocycles. The van der Waals surface area contributed by atoms with Crippen LogP contribution in [0.15, 0.2) is 64.0 Å². The summed E-state index contributed by atoms with van der Waals surface area (Å²) in [5, 5.41) is 18.7. The summed E-state index contributed by atoms with van der Waals surface area (Å²) in [5.74, 6) is -1.26. The molecule has 27 heavy (non-hydrogen) atoms. The summed E-state index contributed by atoms with van der Waals surface area (Å²) in [6.45, 7) is -0.532. The van der Waals surface area contributed by atoms with Gasteiger partial charge in [-0.2, -0.15) is 10.5 Å². The molecule has 2 aromatic rings. The highest BCUT2D eigenvalue weighted by atomic mass is 32.2. The molecule has 0 N–H and O–H groups in total. The molecule has 0 fully saturated rings. The van der Waals surface area contributed by atoms with E-state index in [0.717, 1.165) is 10.6 Å². The molecule has 7 heteroatoms. The number of ketones is 1. The van der Waals surface area contributed by atoms with Crippen molar-refractivity contribution in [1.82, 2.24) is 0 Å². The van der Waals surface area contributed by atoms with Gasteiger partial charge in [0.25, 0.3) is 0 Å². The fourth-order valence-electron chi connectivity index (χ4n) is 2.52. The van der Waals surface area contributed by atoms with E-state index in [1.807, 2.05) is 36.4 Å². The summed E-state index contributed by atoms with van der Waals surface area (Å²) in [6.07, 6.45) is 0. The van der Waals surface area contributed by atoms with E-state index in [4.69, 9.17) is 10.00 Å². The molecule has 1 heterocycles. The second-order valence-electron chi connectivity index (χ2n) is 5.61. The van der Waals surface area contributed by atoms with Crippen LogP contribution in [0.2, 0.25) is 0 Å². The molecular weight excluding hydrogens is 362 g/mol. The highest BCUT2D eigenvalue weighted by molar-refractivity contribution is 8.03. The molecule has 0 bridgehead atoms. The number of hydrogen-bond acceptors (Lipinski definition) is 7. The van der Waals surface area contributed by atoms with Crippen LogP contribution in [0.4, 0.5) is 5.69 Å². The summed E-state index contributed by atoms with van der Waals surface area (Å²) in [5.41, 5.74) is 1.51. The molecule has 0 atom stereocenters. The van der Waals surface area contributed by atoms with Crippen LogP contribution >= 0.6 is 11.8 Å². The number of nitrogens with zero attached hydrogens (tertiary/aromatic N) is 3. The molecule has 0 unspecified atom stereocenters. The van der Waals surface area contributed by atoms with Crippen LogP contribution in [-0.4, -0.2) is 25.4 Å². The van der Waals surface area contributed by atoms with Crippen molar-refractivity contribution in [2.24, 2.45) is 0 Å². The molecule has 3 rings (SSSR count). The molecule has 0 radical (unpaired) electrons. The van der Waals surface area contributed by atoms with Crippen LogP contribution in [0.3, 0.4) is 0 Å². The molecule has 2 aromatic carbocycles. The second-order valence-corrected chi connectivity index (χ2v) is 6.64. The van der Waals surface area contributed by atoms with Gasteiger partial charge in [-0.1, -0.05) is 23.9 Å². The van der Waals surface area contributed by atoms with E-state index >= 15 is 0 Å². The monoisotopic (exact) mass is 375 g/mol. The third-order valence-corrected chi connectivity index (χ3v) is 5.16. The minimum Gasteiger partial charge on any atom is -0.454 e. The van der Waals surface area contributed by atoms with Gasteiger partial charge in [0.1, 0.15) is 16.7 Å². The Morgan fingerprint density at radius 1 is 1.11 bits per heavy atom. The number of thioether (sulfide) groups is 1. The maximum absolute atomic E-state index is 12.5. The lowest BCUT2D eigenvalue weighted by Crippen LogP contribution is -2.20. The molecule has 0 saturated heterocycles. The zero-order chi connectivity index (χ0) is 19.4. The van der Waals surface area contributed by atoms with Gasteiger partial charge in [-0.3, -0.25) is 4.79 Å². The van der Waals surface area contributed by atoms with Crippen molar-refractivity contribution in [1.29, 1.82) is 10.5 Å². The topological polar surface area (TPSA) is 94.2 Å². The van der Waals surface area contributed by atoms with Crippen LogP contribution in [0, 0.1) is 22.7 Å². The van der Waals surface area contributed by atoms with Crippen molar-refractivity contribution < 1.29 is 14.3 Å². The van der Waals surface area contributed by atoms with Crippen LogP contribution in [0.5, 0.6) is 0 Å². The number of nitriles is 2. The number of carbonyl (C=O) groups is 2. The van der Waals surface area contributed by atoms with Gasteiger partial charge < -0.3 is 9.64 Å². The first-order valence-corrected chi connectivity index (χ1v) is 8.72. The Balaban J connectivity index is 1.72. The Kier molecular flexibility index (Phi) is 5.25. The van der Waals surface area contributed by atoms with Gasteiger partial charge in [0, 0.05) is 11.9 Å². The molecule has 0 amide bonds. The number of hydrogen-bond donors (Lipinski definition) is 0. The minimum absolute atomic E-state index is 0.0497. The third-order valence-electron chi connectivity index (χ3n) is 3.93. The van der Waals surface area contributed by atoms with Crippen molar-refractivity contribution in [3.8, 4) is 12.1 Å². The van der Waals surface area contributed by atoms with Crippen molar-refractivity contribution in [3.63, 3.8) is 0 Å². The van der Waals surface area contributed by atoms with Crippen LogP contribution in [-0.2, 0) is 9.53 Å². The summed E-state index contributed by atoms with van der Waals surface area (Å²) in [6, 6.07) is 17.3. The van der Waals surface area contributed by atoms with Crippen molar-refractivity contribution in [3.05, 3.63) is 70.3 Å². The molecular formula is C20H13N3O3S. The number of anilines is 1. The Labute approximate surface area is 160 Å². The maximum Gasteiger partial charge on any atom is 0.338 e. The summed E-state index contributed by atoms with van der Waals surface area (Å²) in [4.78, 5) is 27.2. The van der Waals surface area contributed by atoms with Gasteiger partial charge >= 0.3 is 5.97 Å². The fraction of sp³-hybridized carbons (Fsp3) is 0.100. The zero-order valence-electron chi connectivity index (χ0n) is 14.3. The Morgan fingerprint density at radius 2 is 1.81 bits per heavy atom. The fourth-order valence-corrected chi connectivity index (χ4v) is 3.68. The molecule has 132 valence electrons. The summed E-state index contributed by atoms with van der Waals surface area (Å²) in [7, 11) is 1.78. The van der Waals surface area contributed by atoms with Gasteiger partial charge in [-0.25, -0.2) is 4.79 Å². The van der Waals surface area contributed by atoms with Gasteiger partial charge in [-0.05, 0) is 36.4 Å². The Morgan fingerprint density at radius 3 is 2.44 bits per heavy atom. The van der Waals surface area contributed by atoms with E-state index in [-0.39, 0.29) is 11.1 Å². The van der Waals surface area contributed by atoms with E-state index < -0.39 is 18.4 Å². The Bertz CT molecular complexity index is 1030. The largest absolute Gasteiger partial charge is 0.454 e. The number of esters is 1. The average Bonchev–Trinajstić information content (AvgIpc) is 3.03. The lowest BCUT2D eigenvalue weighted by atomic mass is 10.1. The molecule has 0 saturated carbocycles. The molecule has 0 aromatic heterocycles. The van der Waals surface area contributed by atoms with Gasteiger partial charge in [0.05, 0.1) is 22.9 Å². The predicted octanol–water partition coefficient (Wildman–Crippen LogP) is 3.26. The maximum atomic E-state index is 12.5. The van der Waals surface area contributed by atoms with E-state index in [0.29, 0.717) is 10.6 Å². The quantitative estimate of drug-likeness (QED) is 0.460. The number of ether oxygens (including phenoxy) is 1. The normalized spacial score (nSPS) is 14.0. The van der Waals surface area contributed by atoms with Crippen molar-refractivity contribution in [2.75, 3.05) is 18.6 Å².